The van der Waals surface area contributed by atoms with Crippen molar-refractivity contribution in [3.63, 3.8) is 0 Å². The molecule has 0 spiro atoms. The van der Waals surface area contributed by atoms with Crippen molar-refractivity contribution in [3.05, 3.63) is 24.3 Å². The van der Waals surface area contributed by atoms with Crippen LogP contribution >= 0.6 is 0 Å². The van der Waals surface area contributed by atoms with E-state index in [1.54, 1.807) is 7.11 Å². The van der Waals surface area contributed by atoms with Crippen molar-refractivity contribution < 1.29 is 14.3 Å². The number of piperazine rings is 1. The smallest absolute Gasteiger partial charge is 0.235 e. The molecule has 0 aromatic heterocycles. The fourth-order valence-corrected chi connectivity index (χ4v) is 3.04. The van der Waals surface area contributed by atoms with Crippen LogP contribution in [0.3, 0.4) is 0 Å². The summed E-state index contributed by atoms with van der Waals surface area (Å²) in [5.74, 6) is 0.197. The van der Waals surface area contributed by atoms with Gasteiger partial charge in [-0.05, 0) is 18.6 Å². The molecule has 2 heterocycles. The summed E-state index contributed by atoms with van der Waals surface area (Å²) in [5, 5.41) is 2.73. The van der Waals surface area contributed by atoms with E-state index in [0.29, 0.717) is 26.1 Å². The van der Waals surface area contributed by atoms with Crippen LogP contribution in [0.4, 0.5) is 5.69 Å². The molecular weight excluding hydrogens is 282 g/mol. The molecule has 1 aromatic carbocycles. The summed E-state index contributed by atoms with van der Waals surface area (Å²) >= 11 is 0. The van der Waals surface area contributed by atoms with Crippen LogP contribution in [0.25, 0.3) is 0 Å². The van der Waals surface area contributed by atoms with E-state index in [1.165, 1.54) is 0 Å². The topological polar surface area (TPSA) is 61.9 Å². The summed E-state index contributed by atoms with van der Waals surface area (Å²) < 4.78 is 5.25. The lowest BCUT2D eigenvalue weighted by Gasteiger charge is -2.37. The Morgan fingerprint density at radius 1 is 1.27 bits per heavy atom. The number of benzene rings is 1. The van der Waals surface area contributed by atoms with Gasteiger partial charge in [0, 0.05) is 44.5 Å². The number of hydrogen-bond acceptors (Lipinski definition) is 4. The van der Waals surface area contributed by atoms with Gasteiger partial charge >= 0.3 is 0 Å². The number of carbonyl (C=O) groups excluding carboxylic acids is 2. The van der Waals surface area contributed by atoms with Crippen LogP contribution in [0.2, 0.25) is 0 Å². The third-order valence-corrected chi connectivity index (χ3v) is 4.36. The lowest BCUT2D eigenvalue weighted by Crippen LogP contribution is -2.51. The largest absolute Gasteiger partial charge is 0.497 e. The van der Waals surface area contributed by atoms with Gasteiger partial charge in [0.25, 0.3) is 0 Å². The predicted octanol–water partition coefficient (Wildman–Crippen LogP) is 0.480. The molecule has 1 aromatic rings. The Hall–Kier alpha value is -2.24. The quantitative estimate of drug-likeness (QED) is 0.825. The Bertz CT molecular complexity index is 568. The zero-order chi connectivity index (χ0) is 15.5. The highest BCUT2D eigenvalue weighted by molar-refractivity contribution is 6.01. The van der Waals surface area contributed by atoms with E-state index in [9.17, 15) is 9.59 Å². The van der Waals surface area contributed by atoms with Crippen molar-refractivity contribution in [3.8, 4) is 5.75 Å². The van der Waals surface area contributed by atoms with Gasteiger partial charge in [-0.2, -0.15) is 0 Å². The fraction of sp³-hybridized carbons (Fsp3) is 0.500. The summed E-state index contributed by atoms with van der Waals surface area (Å²) in [6.07, 6.45) is 0.619. The molecule has 6 nitrogen and oxygen atoms in total. The standard InChI is InChI=1S/C16H21N3O3/c1-22-13-4-2-3-12(11-13)18-7-9-19(10-8-18)16(21)14-5-6-17-15(14)20/h2-4,11,14H,5-10H2,1H3,(H,17,20). The van der Waals surface area contributed by atoms with Crippen LogP contribution in [-0.4, -0.2) is 56.5 Å². The highest BCUT2D eigenvalue weighted by atomic mass is 16.5. The molecule has 2 aliphatic heterocycles. The molecule has 1 N–H and O–H groups in total. The van der Waals surface area contributed by atoms with Crippen LogP contribution in [0, 0.1) is 5.92 Å². The van der Waals surface area contributed by atoms with E-state index in [4.69, 9.17) is 4.74 Å². The van der Waals surface area contributed by atoms with Crippen LogP contribution in [0.1, 0.15) is 6.42 Å². The van der Waals surface area contributed by atoms with Crippen LogP contribution < -0.4 is 15.0 Å². The molecule has 2 aliphatic rings. The second kappa shape index (κ2) is 6.25. The molecule has 1 atom stereocenters. The van der Waals surface area contributed by atoms with Crippen molar-refractivity contribution >= 4 is 17.5 Å². The molecule has 0 radical (unpaired) electrons. The van der Waals surface area contributed by atoms with Crippen LogP contribution in [-0.2, 0) is 9.59 Å². The summed E-state index contributed by atoms with van der Waals surface area (Å²) in [6, 6.07) is 7.93. The van der Waals surface area contributed by atoms with E-state index in [1.807, 2.05) is 29.2 Å². The minimum absolute atomic E-state index is 0.0275. The van der Waals surface area contributed by atoms with Crippen LogP contribution in [0.15, 0.2) is 24.3 Å². The van der Waals surface area contributed by atoms with E-state index in [0.717, 1.165) is 24.5 Å². The van der Waals surface area contributed by atoms with Gasteiger partial charge in [-0.3, -0.25) is 9.59 Å². The van der Waals surface area contributed by atoms with E-state index in [-0.39, 0.29) is 11.8 Å². The van der Waals surface area contributed by atoms with E-state index in [2.05, 4.69) is 10.2 Å². The number of rotatable bonds is 3. The maximum atomic E-state index is 12.4. The highest BCUT2D eigenvalue weighted by Gasteiger charge is 2.35. The zero-order valence-corrected chi connectivity index (χ0v) is 12.7. The van der Waals surface area contributed by atoms with Crippen molar-refractivity contribution in [1.82, 2.24) is 10.2 Å². The SMILES string of the molecule is COc1cccc(N2CCN(C(=O)C3CCNC3=O)CC2)c1. The number of nitrogens with zero attached hydrogens (tertiary/aromatic N) is 2. The summed E-state index contributed by atoms with van der Waals surface area (Å²) in [7, 11) is 1.66. The average molecular weight is 303 g/mol. The lowest BCUT2D eigenvalue weighted by molar-refractivity contribution is -0.140. The first kappa shape index (κ1) is 14.7. The Labute approximate surface area is 130 Å². The first-order valence-electron chi connectivity index (χ1n) is 7.64. The summed E-state index contributed by atoms with van der Waals surface area (Å²) in [4.78, 5) is 28.1. The number of hydrogen-bond donors (Lipinski definition) is 1. The fourth-order valence-electron chi connectivity index (χ4n) is 3.04. The van der Waals surface area contributed by atoms with Gasteiger partial charge in [0.15, 0.2) is 0 Å². The number of anilines is 1. The molecular formula is C16H21N3O3. The second-order valence-electron chi connectivity index (χ2n) is 5.65. The van der Waals surface area contributed by atoms with E-state index >= 15 is 0 Å². The molecule has 2 fully saturated rings. The first-order valence-corrected chi connectivity index (χ1v) is 7.64. The predicted molar refractivity (Wildman–Crippen MR) is 82.9 cm³/mol. The van der Waals surface area contributed by atoms with Gasteiger partial charge in [0.2, 0.25) is 11.8 Å². The van der Waals surface area contributed by atoms with Crippen molar-refractivity contribution in [2.75, 3.05) is 44.7 Å². The number of methoxy groups -OCH3 is 1. The molecule has 3 rings (SSSR count). The van der Waals surface area contributed by atoms with E-state index < -0.39 is 5.92 Å². The minimum Gasteiger partial charge on any atom is -0.497 e. The molecule has 118 valence electrons. The minimum atomic E-state index is -0.483. The van der Waals surface area contributed by atoms with Gasteiger partial charge in [-0.1, -0.05) is 6.07 Å². The van der Waals surface area contributed by atoms with Crippen molar-refractivity contribution in [2.45, 2.75) is 6.42 Å². The molecule has 2 saturated heterocycles. The Morgan fingerprint density at radius 2 is 2.05 bits per heavy atom. The molecule has 22 heavy (non-hydrogen) atoms. The monoisotopic (exact) mass is 303 g/mol. The molecule has 0 aliphatic carbocycles. The second-order valence-corrected chi connectivity index (χ2v) is 5.65. The third-order valence-electron chi connectivity index (χ3n) is 4.36. The van der Waals surface area contributed by atoms with Crippen molar-refractivity contribution in [1.29, 1.82) is 0 Å². The normalized spacial score (nSPS) is 21.7. The van der Waals surface area contributed by atoms with Gasteiger partial charge in [0.1, 0.15) is 11.7 Å². The summed E-state index contributed by atoms with van der Waals surface area (Å²) in [6.45, 7) is 3.46. The van der Waals surface area contributed by atoms with Crippen molar-refractivity contribution in [2.24, 2.45) is 5.92 Å². The number of ether oxygens (including phenoxy) is 1. The third kappa shape index (κ3) is 2.86. The molecule has 0 saturated carbocycles. The van der Waals surface area contributed by atoms with Gasteiger partial charge in [0.05, 0.1) is 7.11 Å². The zero-order valence-electron chi connectivity index (χ0n) is 12.7. The highest BCUT2D eigenvalue weighted by Crippen LogP contribution is 2.23. The maximum absolute atomic E-state index is 12.4. The van der Waals surface area contributed by atoms with Gasteiger partial charge < -0.3 is 19.9 Å². The van der Waals surface area contributed by atoms with Crippen LogP contribution in [0.5, 0.6) is 5.75 Å². The Kier molecular flexibility index (Phi) is 4.18. The lowest BCUT2D eigenvalue weighted by atomic mass is 10.1. The maximum Gasteiger partial charge on any atom is 0.235 e. The van der Waals surface area contributed by atoms with Gasteiger partial charge in [-0.15, -0.1) is 0 Å². The summed E-state index contributed by atoms with van der Waals surface area (Å²) in [5.41, 5.74) is 1.10. The number of amides is 2. The number of carbonyl (C=O) groups is 2. The average Bonchev–Trinajstić information content (AvgIpc) is 3.00. The Morgan fingerprint density at radius 3 is 2.68 bits per heavy atom. The Balaban J connectivity index is 1.60. The molecule has 6 heteroatoms. The number of nitrogens with one attached hydrogen (secondary N) is 1. The van der Waals surface area contributed by atoms with Gasteiger partial charge in [-0.25, -0.2) is 0 Å². The first-order chi connectivity index (χ1) is 10.7. The molecule has 0 bridgehead atoms. The molecule has 1 unspecified atom stereocenters. The molecule has 2 amide bonds.